The number of anilines is 1. The van der Waals surface area contributed by atoms with Crippen LogP contribution in [0.1, 0.15) is 36.6 Å². The van der Waals surface area contributed by atoms with E-state index in [1.807, 2.05) is 0 Å². The maximum absolute atomic E-state index is 11.1. The maximum Gasteiger partial charge on any atom is 0.306 e. The Balaban J connectivity index is 0.00000140. The van der Waals surface area contributed by atoms with Gasteiger partial charge in [0.05, 0.1) is 5.92 Å². The van der Waals surface area contributed by atoms with Gasteiger partial charge < -0.3 is 15.3 Å². The van der Waals surface area contributed by atoms with E-state index >= 15 is 0 Å². The lowest BCUT2D eigenvalue weighted by atomic mass is 9.82. The van der Waals surface area contributed by atoms with Crippen molar-refractivity contribution in [3.8, 4) is 10.6 Å². The molecular weight excluding hydrogens is 419 g/mol. The minimum absolute atomic E-state index is 0. The quantitative estimate of drug-likeness (QED) is 0.745. The first-order valence-electron chi connectivity index (χ1n) is 9.33. The van der Waals surface area contributed by atoms with Gasteiger partial charge >= 0.3 is 5.97 Å². The molecule has 2 aromatic rings. The molecule has 2 N–H and O–H groups in total. The van der Waals surface area contributed by atoms with Gasteiger partial charge in [-0.2, -0.15) is 0 Å². The lowest BCUT2D eigenvalue weighted by Crippen LogP contribution is -2.43. The van der Waals surface area contributed by atoms with Gasteiger partial charge in [-0.05, 0) is 49.9 Å². The second-order valence-corrected chi connectivity index (χ2v) is 8.13. The second-order valence-electron chi connectivity index (χ2n) is 7.12. The Morgan fingerprint density at radius 2 is 1.68 bits per heavy atom. The van der Waals surface area contributed by atoms with E-state index in [1.54, 1.807) is 11.3 Å². The van der Waals surface area contributed by atoms with Crippen molar-refractivity contribution in [2.45, 2.75) is 31.6 Å². The topological polar surface area (TPSA) is 78.3 Å². The van der Waals surface area contributed by atoms with E-state index in [-0.39, 0.29) is 30.7 Å². The van der Waals surface area contributed by atoms with Crippen LogP contribution in [0.3, 0.4) is 0 Å². The number of carboxylic acids is 1. The molecule has 0 spiro atoms. The number of rotatable bonds is 4. The molecule has 0 unspecified atom stereocenters. The summed E-state index contributed by atoms with van der Waals surface area (Å²) in [5.41, 5.74) is 2.36. The van der Waals surface area contributed by atoms with Crippen molar-refractivity contribution in [3.05, 3.63) is 29.3 Å². The first-order chi connectivity index (χ1) is 12.7. The van der Waals surface area contributed by atoms with Gasteiger partial charge in [-0.3, -0.25) is 4.79 Å². The summed E-state index contributed by atoms with van der Waals surface area (Å²) in [5, 5.41) is 23.3. The Morgan fingerprint density at radius 3 is 2.29 bits per heavy atom. The van der Waals surface area contributed by atoms with Crippen molar-refractivity contribution in [1.29, 1.82) is 0 Å². The Bertz CT molecular complexity index is 758. The lowest BCUT2D eigenvalue weighted by Gasteiger charge is -2.29. The number of piperazine rings is 1. The molecule has 2 aliphatic rings. The van der Waals surface area contributed by atoms with E-state index in [2.05, 4.69) is 44.7 Å². The summed E-state index contributed by atoms with van der Waals surface area (Å²) in [7, 11) is 0. The van der Waals surface area contributed by atoms with Crippen molar-refractivity contribution in [2.24, 2.45) is 5.92 Å². The molecule has 1 aliphatic carbocycles. The molecule has 2 fully saturated rings. The zero-order chi connectivity index (χ0) is 17.9. The van der Waals surface area contributed by atoms with Gasteiger partial charge in [0.2, 0.25) is 0 Å². The number of benzene rings is 1. The van der Waals surface area contributed by atoms with Crippen LogP contribution in [0.4, 0.5) is 5.69 Å². The van der Waals surface area contributed by atoms with Crippen LogP contribution in [0, 0.1) is 5.92 Å². The van der Waals surface area contributed by atoms with Crippen molar-refractivity contribution in [1.82, 2.24) is 15.5 Å². The number of nitrogens with zero attached hydrogens (tertiary/aromatic N) is 3. The molecule has 4 rings (SSSR count). The Hall–Kier alpha value is -1.41. The molecule has 1 saturated heterocycles. The fourth-order valence-corrected chi connectivity index (χ4v) is 4.86. The SMILES string of the molecule is Cl.Cl.O=C(O)[C@H]1CC[C@H](c2nnc(-c3ccc(N4CCNCC4)cc3)s2)CC1. The van der Waals surface area contributed by atoms with Crippen molar-refractivity contribution >= 4 is 47.8 Å². The van der Waals surface area contributed by atoms with Crippen LogP contribution in [0.15, 0.2) is 24.3 Å². The molecule has 1 aromatic heterocycles. The average molecular weight is 445 g/mol. The molecular formula is C19H26Cl2N4O2S. The molecule has 9 heteroatoms. The number of carboxylic acid groups (broad SMARTS) is 1. The van der Waals surface area contributed by atoms with Crippen LogP contribution in [0.25, 0.3) is 10.6 Å². The van der Waals surface area contributed by atoms with Gasteiger partial charge in [-0.1, -0.05) is 11.3 Å². The molecule has 1 aliphatic heterocycles. The lowest BCUT2D eigenvalue weighted by molar-refractivity contribution is -0.142. The molecule has 154 valence electrons. The zero-order valence-corrected chi connectivity index (χ0v) is 18.0. The van der Waals surface area contributed by atoms with Crippen LogP contribution in [-0.4, -0.2) is 47.5 Å². The van der Waals surface area contributed by atoms with Crippen molar-refractivity contribution in [3.63, 3.8) is 0 Å². The Kier molecular flexibility index (Phi) is 8.49. The molecule has 1 saturated carbocycles. The highest BCUT2D eigenvalue weighted by Gasteiger charge is 2.28. The van der Waals surface area contributed by atoms with Gasteiger partial charge in [-0.15, -0.1) is 35.0 Å². The van der Waals surface area contributed by atoms with Gasteiger partial charge in [0.25, 0.3) is 0 Å². The molecule has 0 bridgehead atoms. The summed E-state index contributed by atoms with van der Waals surface area (Å²) >= 11 is 1.65. The highest BCUT2D eigenvalue weighted by Crippen LogP contribution is 2.38. The van der Waals surface area contributed by atoms with Gasteiger partial charge in [0.15, 0.2) is 0 Å². The number of aliphatic carboxylic acids is 1. The molecule has 0 atom stereocenters. The highest BCUT2D eigenvalue weighted by molar-refractivity contribution is 7.14. The average Bonchev–Trinajstić information content (AvgIpc) is 3.19. The van der Waals surface area contributed by atoms with Crippen molar-refractivity contribution < 1.29 is 9.90 Å². The Labute approximate surface area is 181 Å². The maximum atomic E-state index is 11.1. The number of halogens is 2. The number of aromatic nitrogens is 2. The second kappa shape index (κ2) is 10.4. The number of nitrogens with one attached hydrogen (secondary N) is 1. The minimum atomic E-state index is -0.661. The Morgan fingerprint density at radius 1 is 1.04 bits per heavy atom. The molecule has 1 aromatic carbocycles. The first-order valence-corrected chi connectivity index (χ1v) is 10.1. The van der Waals surface area contributed by atoms with E-state index in [9.17, 15) is 4.79 Å². The summed E-state index contributed by atoms with van der Waals surface area (Å²) in [4.78, 5) is 13.5. The highest BCUT2D eigenvalue weighted by atomic mass is 35.5. The minimum Gasteiger partial charge on any atom is -0.481 e. The monoisotopic (exact) mass is 444 g/mol. The smallest absolute Gasteiger partial charge is 0.306 e. The largest absolute Gasteiger partial charge is 0.481 e. The number of hydrogen-bond acceptors (Lipinski definition) is 6. The summed E-state index contributed by atoms with van der Waals surface area (Å²) < 4.78 is 0. The van der Waals surface area contributed by atoms with Gasteiger partial charge in [0.1, 0.15) is 10.0 Å². The molecule has 2 heterocycles. The number of hydrogen-bond donors (Lipinski definition) is 2. The fraction of sp³-hybridized carbons (Fsp3) is 0.526. The molecule has 6 nitrogen and oxygen atoms in total. The van der Waals surface area contributed by atoms with Crippen molar-refractivity contribution in [2.75, 3.05) is 31.1 Å². The van der Waals surface area contributed by atoms with Crippen LogP contribution in [0.5, 0.6) is 0 Å². The third kappa shape index (κ3) is 5.14. The van der Waals surface area contributed by atoms with E-state index in [0.717, 1.165) is 67.4 Å². The summed E-state index contributed by atoms with van der Waals surface area (Å²) in [6.07, 6.45) is 3.28. The van der Waals surface area contributed by atoms with Crippen LogP contribution in [-0.2, 0) is 4.79 Å². The standard InChI is InChI=1S/C19H24N4O2S.2ClH/c24-19(25)15-3-1-13(2-4-15)17-21-22-18(26-17)14-5-7-16(8-6-14)23-11-9-20-10-12-23;;/h5-8,13,15,20H,1-4,9-12H2,(H,24,25);2*1H/t13-,15-;;. The first kappa shape index (κ1) is 22.9. The fourth-order valence-electron chi connectivity index (χ4n) is 3.84. The molecule has 0 radical (unpaired) electrons. The van der Waals surface area contributed by atoms with Crippen LogP contribution < -0.4 is 10.2 Å². The van der Waals surface area contributed by atoms with Crippen LogP contribution in [0.2, 0.25) is 0 Å². The third-order valence-electron chi connectivity index (χ3n) is 5.46. The normalized spacial score (nSPS) is 22.1. The molecule has 28 heavy (non-hydrogen) atoms. The van der Waals surface area contributed by atoms with Gasteiger partial charge in [-0.25, -0.2) is 0 Å². The van der Waals surface area contributed by atoms with E-state index in [4.69, 9.17) is 5.11 Å². The predicted molar refractivity (Wildman–Crippen MR) is 117 cm³/mol. The van der Waals surface area contributed by atoms with E-state index < -0.39 is 5.97 Å². The number of carbonyl (C=O) groups is 1. The molecule has 0 amide bonds. The zero-order valence-electron chi connectivity index (χ0n) is 15.5. The summed E-state index contributed by atoms with van der Waals surface area (Å²) in [6.45, 7) is 4.15. The van der Waals surface area contributed by atoms with Gasteiger partial charge in [0, 0.05) is 43.3 Å². The summed E-state index contributed by atoms with van der Waals surface area (Å²) in [6, 6.07) is 8.59. The van der Waals surface area contributed by atoms with Crippen LogP contribution >= 0.6 is 36.2 Å². The summed E-state index contributed by atoms with van der Waals surface area (Å²) in [5.74, 6) is -0.487. The van der Waals surface area contributed by atoms with E-state index in [1.165, 1.54) is 5.69 Å². The van der Waals surface area contributed by atoms with E-state index in [0.29, 0.717) is 5.92 Å². The third-order valence-corrected chi connectivity index (χ3v) is 6.60. The predicted octanol–water partition coefficient (Wildman–Crippen LogP) is 3.82.